The van der Waals surface area contributed by atoms with E-state index in [1.54, 1.807) is 0 Å². The summed E-state index contributed by atoms with van der Waals surface area (Å²) < 4.78 is 0. The first-order valence-corrected chi connectivity index (χ1v) is 6.23. The fourth-order valence-electron chi connectivity index (χ4n) is 2.64. The fraction of sp³-hybridized carbons (Fsp3) is 0.286. The van der Waals surface area contributed by atoms with E-state index in [4.69, 9.17) is 5.11 Å². The lowest BCUT2D eigenvalue weighted by Crippen LogP contribution is -2.32. The summed E-state index contributed by atoms with van der Waals surface area (Å²) in [6, 6.07) is 7.14. The summed E-state index contributed by atoms with van der Waals surface area (Å²) in [7, 11) is 0. The molecule has 5 nitrogen and oxygen atoms in total. The lowest BCUT2D eigenvalue weighted by Gasteiger charge is -2.05. The molecule has 98 valence electrons. The van der Waals surface area contributed by atoms with Gasteiger partial charge < -0.3 is 15.4 Å². The van der Waals surface area contributed by atoms with E-state index in [1.807, 2.05) is 30.5 Å². The van der Waals surface area contributed by atoms with Gasteiger partial charge in [0, 0.05) is 23.0 Å². The van der Waals surface area contributed by atoms with Crippen LogP contribution in [-0.4, -0.2) is 28.0 Å². The van der Waals surface area contributed by atoms with E-state index in [0.717, 1.165) is 16.5 Å². The molecular weight excluding hydrogens is 244 g/mol. The molecule has 0 spiro atoms. The molecule has 3 N–H and O–H groups in total. The average molecular weight is 258 g/mol. The number of carboxylic acid groups (broad SMARTS) is 1. The van der Waals surface area contributed by atoms with Crippen LogP contribution < -0.4 is 5.32 Å². The minimum absolute atomic E-state index is 0.169. The number of fused-ring (bicyclic) bond motifs is 1. The van der Waals surface area contributed by atoms with Crippen molar-refractivity contribution in [3.05, 3.63) is 36.0 Å². The van der Waals surface area contributed by atoms with Crippen molar-refractivity contribution in [2.75, 3.05) is 0 Å². The Hall–Kier alpha value is -2.30. The van der Waals surface area contributed by atoms with Gasteiger partial charge in [0.1, 0.15) is 6.04 Å². The normalized spacial score (nSPS) is 22.6. The predicted octanol–water partition coefficient (Wildman–Crippen LogP) is 1.30. The lowest BCUT2D eigenvalue weighted by molar-refractivity contribution is -0.140. The SMILES string of the molecule is O=C1N[C@@H](C(=O)O)C[C@H]1Cc1c[nH]c2ccccc12. The van der Waals surface area contributed by atoms with Crippen molar-refractivity contribution >= 4 is 22.8 Å². The summed E-state index contributed by atoms with van der Waals surface area (Å²) in [4.78, 5) is 25.8. The smallest absolute Gasteiger partial charge is 0.326 e. The Kier molecular flexibility index (Phi) is 2.74. The molecule has 1 saturated heterocycles. The van der Waals surface area contributed by atoms with E-state index in [-0.39, 0.29) is 11.8 Å². The average Bonchev–Trinajstić information content (AvgIpc) is 2.96. The van der Waals surface area contributed by atoms with Gasteiger partial charge in [0.05, 0.1) is 0 Å². The quantitative estimate of drug-likeness (QED) is 0.776. The van der Waals surface area contributed by atoms with Crippen LogP contribution in [0.5, 0.6) is 0 Å². The van der Waals surface area contributed by atoms with Gasteiger partial charge in [0.15, 0.2) is 0 Å². The molecule has 2 heterocycles. The van der Waals surface area contributed by atoms with Gasteiger partial charge in [0.25, 0.3) is 0 Å². The van der Waals surface area contributed by atoms with Gasteiger partial charge in [-0.15, -0.1) is 0 Å². The van der Waals surface area contributed by atoms with E-state index in [2.05, 4.69) is 10.3 Å². The van der Waals surface area contributed by atoms with E-state index < -0.39 is 12.0 Å². The molecule has 3 rings (SSSR count). The van der Waals surface area contributed by atoms with Crippen LogP contribution >= 0.6 is 0 Å². The van der Waals surface area contributed by atoms with Crippen molar-refractivity contribution in [1.82, 2.24) is 10.3 Å². The molecule has 2 aromatic rings. The molecule has 1 aliphatic rings. The standard InChI is InChI=1S/C14H14N2O3/c17-13-8(6-12(16-13)14(18)19)5-9-7-15-11-4-2-1-3-10(9)11/h1-4,7-8,12,15H,5-6H2,(H,16,17)(H,18,19)/t8-,12-/m1/s1. The minimum Gasteiger partial charge on any atom is -0.480 e. The number of H-pyrrole nitrogens is 1. The zero-order valence-electron chi connectivity index (χ0n) is 10.2. The molecule has 1 aliphatic heterocycles. The van der Waals surface area contributed by atoms with Crippen LogP contribution in [0.15, 0.2) is 30.5 Å². The van der Waals surface area contributed by atoms with Crippen molar-refractivity contribution in [2.45, 2.75) is 18.9 Å². The number of hydrogen-bond acceptors (Lipinski definition) is 2. The maximum absolute atomic E-state index is 11.8. The van der Waals surface area contributed by atoms with E-state index in [1.165, 1.54) is 0 Å². The van der Waals surface area contributed by atoms with Crippen molar-refractivity contribution in [1.29, 1.82) is 0 Å². The summed E-state index contributed by atoms with van der Waals surface area (Å²) in [5, 5.41) is 12.5. The Morgan fingerprint density at radius 1 is 1.37 bits per heavy atom. The fourth-order valence-corrected chi connectivity index (χ4v) is 2.64. The van der Waals surface area contributed by atoms with Crippen LogP contribution in [0.3, 0.4) is 0 Å². The summed E-state index contributed by atoms with van der Waals surface area (Å²) in [5.74, 6) is -1.40. The second-order valence-corrected chi connectivity index (χ2v) is 4.90. The number of para-hydroxylation sites is 1. The number of rotatable bonds is 3. The van der Waals surface area contributed by atoms with Crippen LogP contribution in [0.2, 0.25) is 0 Å². The molecule has 0 bridgehead atoms. The van der Waals surface area contributed by atoms with Gasteiger partial charge in [0.2, 0.25) is 5.91 Å². The molecule has 1 amide bonds. The lowest BCUT2D eigenvalue weighted by atomic mass is 9.96. The number of carbonyl (C=O) groups is 2. The Bertz CT molecular complexity index is 647. The molecule has 0 unspecified atom stereocenters. The van der Waals surface area contributed by atoms with Gasteiger partial charge in [-0.3, -0.25) is 4.79 Å². The summed E-state index contributed by atoms with van der Waals surface area (Å²) in [5.41, 5.74) is 2.09. The van der Waals surface area contributed by atoms with Crippen LogP contribution in [0.1, 0.15) is 12.0 Å². The third-order valence-electron chi connectivity index (χ3n) is 3.65. The Balaban J connectivity index is 1.82. The third kappa shape index (κ3) is 2.07. The number of nitrogens with one attached hydrogen (secondary N) is 2. The number of aromatic nitrogens is 1. The molecule has 2 atom stereocenters. The number of hydrogen-bond donors (Lipinski definition) is 3. The number of aliphatic carboxylic acids is 1. The highest BCUT2D eigenvalue weighted by Crippen LogP contribution is 2.25. The summed E-state index contributed by atoms with van der Waals surface area (Å²) in [6.45, 7) is 0. The summed E-state index contributed by atoms with van der Waals surface area (Å²) >= 11 is 0. The zero-order valence-corrected chi connectivity index (χ0v) is 10.2. The molecule has 1 fully saturated rings. The highest BCUT2D eigenvalue weighted by Gasteiger charge is 2.36. The first-order valence-electron chi connectivity index (χ1n) is 6.23. The maximum Gasteiger partial charge on any atom is 0.326 e. The Morgan fingerprint density at radius 3 is 2.89 bits per heavy atom. The van der Waals surface area contributed by atoms with E-state index in [9.17, 15) is 9.59 Å². The van der Waals surface area contributed by atoms with Gasteiger partial charge in [-0.1, -0.05) is 18.2 Å². The van der Waals surface area contributed by atoms with E-state index in [0.29, 0.717) is 12.8 Å². The molecule has 0 saturated carbocycles. The third-order valence-corrected chi connectivity index (χ3v) is 3.65. The van der Waals surface area contributed by atoms with Crippen molar-refractivity contribution in [2.24, 2.45) is 5.92 Å². The molecule has 0 aliphatic carbocycles. The van der Waals surface area contributed by atoms with Crippen LogP contribution in [0.25, 0.3) is 10.9 Å². The monoisotopic (exact) mass is 258 g/mol. The van der Waals surface area contributed by atoms with Gasteiger partial charge in [-0.2, -0.15) is 0 Å². The second-order valence-electron chi connectivity index (χ2n) is 4.90. The minimum atomic E-state index is -0.963. The highest BCUT2D eigenvalue weighted by molar-refractivity contribution is 5.90. The molecule has 1 aromatic carbocycles. The van der Waals surface area contributed by atoms with Crippen molar-refractivity contribution in [3.8, 4) is 0 Å². The van der Waals surface area contributed by atoms with E-state index >= 15 is 0 Å². The number of benzene rings is 1. The van der Waals surface area contributed by atoms with Crippen LogP contribution in [0.4, 0.5) is 0 Å². The Labute approximate surface area is 109 Å². The molecule has 1 aromatic heterocycles. The van der Waals surface area contributed by atoms with Crippen molar-refractivity contribution < 1.29 is 14.7 Å². The number of amides is 1. The second kappa shape index (κ2) is 4.42. The van der Waals surface area contributed by atoms with Crippen LogP contribution in [0, 0.1) is 5.92 Å². The van der Waals surface area contributed by atoms with Gasteiger partial charge in [-0.05, 0) is 24.5 Å². The first-order chi connectivity index (χ1) is 9.15. The predicted molar refractivity (Wildman–Crippen MR) is 69.7 cm³/mol. The number of carbonyl (C=O) groups excluding carboxylic acids is 1. The summed E-state index contributed by atoms with van der Waals surface area (Å²) in [6.07, 6.45) is 2.82. The Morgan fingerprint density at radius 2 is 2.16 bits per heavy atom. The molecular formula is C14H14N2O3. The van der Waals surface area contributed by atoms with Gasteiger partial charge >= 0.3 is 5.97 Å². The zero-order chi connectivity index (χ0) is 13.4. The highest BCUT2D eigenvalue weighted by atomic mass is 16.4. The van der Waals surface area contributed by atoms with Crippen LogP contribution in [-0.2, 0) is 16.0 Å². The van der Waals surface area contributed by atoms with Gasteiger partial charge in [-0.25, -0.2) is 4.79 Å². The maximum atomic E-state index is 11.8. The number of aromatic amines is 1. The molecule has 5 heteroatoms. The first kappa shape index (κ1) is 11.8. The molecule has 19 heavy (non-hydrogen) atoms. The topological polar surface area (TPSA) is 82.2 Å². The largest absolute Gasteiger partial charge is 0.480 e. The number of carboxylic acids is 1. The molecule has 0 radical (unpaired) electrons. The van der Waals surface area contributed by atoms with Crippen molar-refractivity contribution in [3.63, 3.8) is 0 Å².